The average molecular weight is 326 g/mol. The Morgan fingerprint density at radius 2 is 1.90 bits per heavy atom. The van der Waals surface area contributed by atoms with Crippen LogP contribution >= 0.6 is 34.8 Å². The van der Waals surface area contributed by atoms with Gasteiger partial charge in [0.25, 0.3) is 0 Å². The third-order valence-corrected chi connectivity index (χ3v) is 4.01. The molecule has 0 amide bonds. The first kappa shape index (κ1) is 13.7. The lowest BCUT2D eigenvalue weighted by atomic mass is 10.2. The third-order valence-electron chi connectivity index (χ3n) is 3.16. The van der Waals surface area contributed by atoms with Gasteiger partial charge in [0.1, 0.15) is 5.82 Å². The van der Waals surface area contributed by atoms with Crippen molar-refractivity contribution >= 4 is 45.8 Å². The SMILES string of the molecule is Cc1ccc(-n2c(CCl)nc3cccc(Cl)c32)c(Cl)c1. The molecule has 0 saturated carbocycles. The second kappa shape index (κ2) is 5.28. The van der Waals surface area contributed by atoms with E-state index < -0.39 is 0 Å². The number of hydrogen-bond donors (Lipinski definition) is 0. The smallest absolute Gasteiger partial charge is 0.129 e. The molecular weight excluding hydrogens is 315 g/mol. The van der Waals surface area contributed by atoms with Crippen LogP contribution in [-0.4, -0.2) is 9.55 Å². The molecule has 1 aromatic heterocycles. The minimum Gasteiger partial charge on any atom is -0.292 e. The maximum Gasteiger partial charge on any atom is 0.129 e. The summed E-state index contributed by atoms with van der Waals surface area (Å²) in [6, 6.07) is 11.5. The van der Waals surface area contributed by atoms with Crippen molar-refractivity contribution in [2.45, 2.75) is 12.8 Å². The van der Waals surface area contributed by atoms with E-state index in [0.29, 0.717) is 10.0 Å². The van der Waals surface area contributed by atoms with Crippen LogP contribution in [0.4, 0.5) is 0 Å². The maximum absolute atomic E-state index is 6.37. The van der Waals surface area contributed by atoms with E-state index in [1.807, 2.05) is 47.9 Å². The fourth-order valence-corrected chi connectivity index (χ4v) is 3.03. The standard InChI is InChI=1S/C15H11Cl3N2/c1-9-5-6-13(11(18)7-9)20-14(8-16)19-12-4-2-3-10(17)15(12)20/h2-7H,8H2,1H3. The van der Waals surface area contributed by atoms with E-state index in [9.17, 15) is 0 Å². The number of benzene rings is 2. The molecule has 102 valence electrons. The van der Waals surface area contributed by atoms with Gasteiger partial charge < -0.3 is 0 Å². The molecule has 5 heteroatoms. The molecule has 2 aromatic carbocycles. The monoisotopic (exact) mass is 324 g/mol. The number of para-hydroxylation sites is 1. The maximum atomic E-state index is 6.37. The third kappa shape index (κ3) is 2.18. The zero-order valence-corrected chi connectivity index (χ0v) is 13.0. The molecule has 0 bridgehead atoms. The molecule has 0 aliphatic rings. The molecule has 0 spiro atoms. The van der Waals surface area contributed by atoms with E-state index in [1.165, 1.54) is 0 Å². The van der Waals surface area contributed by atoms with Crippen molar-refractivity contribution in [1.29, 1.82) is 0 Å². The molecular formula is C15H11Cl3N2. The molecule has 0 aliphatic carbocycles. The Balaban J connectivity index is 2.39. The van der Waals surface area contributed by atoms with Crippen LogP contribution in [0.15, 0.2) is 36.4 Å². The minimum absolute atomic E-state index is 0.287. The average Bonchev–Trinajstić information content (AvgIpc) is 2.79. The topological polar surface area (TPSA) is 17.8 Å². The molecule has 0 aliphatic heterocycles. The van der Waals surface area contributed by atoms with Crippen molar-refractivity contribution in [2.75, 3.05) is 0 Å². The predicted octanol–water partition coefficient (Wildman–Crippen LogP) is 5.38. The first-order valence-corrected chi connectivity index (χ1v) is 7.39. The Kier molecular flexibility index (Phi) is 3.63. The van der Waals surface area contributed by atoms with Crippen LogP contribution < -0.4 is 0 Å². The first-order valence-electron chi connectivity index (χ1n) is 6.10. The fraction of sp³-hybridized carbons (Fsp3) is 0.133. The Bertz CT molecular complexity index is 793. The van der Waals surface area contributed by atoms with Gasteiger partial charge in [0.05, 0.1) is 32.6 Å². The molecule has 0 unspecified atom stereocenters. The van der Waals surface area contributed by atoms with Crippen LogP contribution in [0.25, 0.3) is 16.7 Å². The highest BCUT2D eigenvalue weighted by atomic mass is 35.5. The van der Waals surface area contributed by atoms with Gasteiger partial charge in [-0.25, -0.2) is 4.98 Å². The van der Waals surface area contributed by atoms with Crippen LogP contribution in [0.2, 0.25) is 10.0 Å². The highest BCUT2D eigenvalue weighted by Gasteiger charge is 2.16. The summed E-state index contributed by atoms with van der Waals surface area (Å²) in [4.78, 5) is 4.52. The van der Waals surface area contributed by atoms with Gasteiger partial charge in [-0.15, -0.1) is 11.6 Å². The molecule has 20 heavy (non-hydrogen) atoms. The van der Waals surface area contributed by atoms with E-state index in [1.54, 1.807) is 0 Å². The van der Waals surface area contributed by atoms with Gasteiger partial charge in [-0.05, 0) is 36.8 Å². The van der Waals surface area contributed by atoms with E-state index >= 15 is 0 Å². The summed E-state index contributed by atoms with van der Waals surface area (Å²) < 4.78 is 1.92. The van der Waals surface area contributed by atoms with Crippen molar-refractivity contribution in [3.8, 4) is 5.69 Å². The first-order chi connectivity index (χ1) is 9.61. The van der Waals surface area contributed by atoms with Gasteiger partial charge in [0, 0.05) is 0 Å². The lowest BCUT2D eigenvalue weighted by molar-refractivity contribution is 0.981. The molecule has 0 fully saturated rings. The second-order valence-electron chi connectivity index (χ2n) is 4.56. The van der Waals surface area contributed by atoms with Gasteiger partial charge in [-0.2, -0.15) is 0 Å². The lowest BCUT2D eigenvalue weighted by Gasteiger charge is -2.11. The number of aryl methyl sites for hydroxylation is 1. The molecule has 0 radical (unpaired) electrons. The summed E-state index contributed by atoms with van der Waals surface area (Å²) in [6.45, 7) is 2.00. The van der Waals surface area contributed by atoms with E-state index in [4.69, 9.17) is 34.8 Å². The zero-order valence-electron chi connectivity index (χ0n) is 10.7. The van der Waals surface area contributed by atoms with Crippen molar-refractivity contribution in [2.24, 2.45) is 0 Å². The second-order valence-corrected chi connectivity index (χ2v) is 5.64. The van der Waals surface area contributed by atoms with Crippen molar-refractivity contribution in [3.05, 3.63) is 57.8 Å². The summed E-state index contributed by atoms with van der Waals surface area (Å²) in [6.07, 6.45) is 0. The number of hydrogen-bond acceptors (Lipinski definition) is 1. The molecule has 0 N–H and O–H groups in total. The minimum atomic E-state index is 0.287. The summed E-state index contributed by atoms with van der Waals surface area (Å²) in [5.41, 5.74) is 3.57. The number of imidazole rings is 1. The summed E-state index contributed by atoms with van der Waals surface area (Å²) in [7, 11) is 0. The summed E-state index contributed by atoms with van der Waals surface area (Å²) in [5.74, 6) is 1.01. The number of rotatable bonds is 2. The van der Waals surface area contributed by atoms with Gasteiger partial charge in [-0.3, -0.25) is 4.57 Å². The van der Waals surface area contributed by atoms with Gasteiger partial charge in [-0.1, -0.05) is 35.3 Å². The largest absolute Gasteiger partial charge is 0.292 e. The number of halogens is 3. The normalized spacial score (nSPS) is 11.2. The van der Waals surface area contributed by atoms with E-state index in [0.717, 1.165) is 28.1 Å². The lowest BCUT2D eigenvalue weighted by Crippen LogP contribution is -2.00. The van der Waals surface area contributed by atoms with Crippen LogP contribution in [-0.2, 0) is 5.88 Å². The Morgan fingerprint density at radius 1 is 1.10 bits per heavy atom. The number of nitrogens with zero attached hydrogens (tertiary/aromatic N) is 2. The molecule has 3 aromatic rings. The number of aromatic nitrogens is 2. The van der Waals surface area contributed by atoms with Crippen LogP contribution in [0.3, 0.4) is 0 Å². The predicted molar refractivity (Wildman–Crippen MR) is 85.4 cm³/mol. The Labute approximate surface area is 131 Å². The number of fused-ring (bicyclic) bond motifs is 1. The molecule has 3 rings (SSSR count). The van der Waals surface area contributed by atoms with Gasteiger partial charge in [0.2, 0.25) is 0 Å². The molecule has 0 atom stereocenters. The Morgan fingerprint density at radius 3 is 2.60 bits per heavy atom. The summed E-state index contributed by atoms with van der Waals surface area (Å²) in [5, 5.41) is 1.28. The fourth-order valence-electron chi connectivity index (χ4n) is 2.28. The Hall–Kier alpha value is -1.22. The summed E-state index contributed by atoms with van der Waals surface area (Å²) >= 11 is 18.7. The van der Waals surface area contributed by atoms with Crippen LogP contribution in [0, 0.1) is 6.92 Å². The van der Waals surface area contributed by atoms with Crippen molar-refractivity contribution < 1.29 is 0 Å². The molecule has 1 heterocycles. The molecule has 2 nitrogen and oxygen atoms in total. The van der Waals surface area contributed by atoms with E-state index in [2.05, 4.69) is 4.98 Å². The molecule has 0 saturated heterocycles. The van der Waals surface area contributed by atoms with Gasteiger partial charge in [0.15, 0.2) is 0 Å². The highest BCUT2D eigenvalue weighted by molar-refractivity contribution is 6.35. The van der Waals surface area contributed by atoms with Crippen molar-refractivity contribution in [3.63, 3.8) is 0 Å². The number of alkyl halides is 1. The van der Waals surface area contributed by atoms with E-state index in [-0.39, 0.29) is 5.88 Å². The zero-order chi connectivity index (χ0) is 14.3. The van der Waals surface area contributed by atoms with Crippen LogP contribution in [0.5, 0.6) is 0 Å². The van der Waals surface area contributed by atoms with Crippen LogP contribution in [0.1, 0.15) is 11.4 Å². The van der Waals surface area contributed by atoms with Crippen molar-refractivity contribution in [1.82, 2.24) is 9.55 Å². The highest BCUT2D eigenvalue weighted by Crippen LogP contribution is 2.31. The quantitative estimate of drug-likeness (QED) is 0.578. The van der Waals surface area contributed by atoms with Gasteiger partial charge >= 0.3 is 0 Å².